The first-order valence-electron chi connectivity index (χ1n) is 4.53. The second-order valence-corrected chi connectivity index (χ2v) is 4.10. The fourth-order valence-electron chi connectivity index (χ4n) is 1.33. The van der Waals surface area contributed by atoms with E-state index in [1.165, 1.54) is 6.92 Å². The van der Waals surface area contributed by atoms with Crippen LogP contribution in [0.25, 0.3) is 0 Å². The van der Waals surface area contributed by atoms with Gasteiger partial charge in [0.15, 0.2) is 12.1 Å². The lowest BCUT2D eigenvalue weighted by atomic mass is 10.0. The van der Waals surface area contributed by atoms with Crippen LogP contribution in [0.15, 0.2) is 12.1 Å². The highest BCUT2D eigenvalue weighted by atomic mass is 127. The molecule has 0 bridgehead atoms. The second-order valence-electron chi connectivity index (χ2n) is 2.94. The van der Waals surface area contributed by atoms with Crippen molar-refractivity contribution in [2.24, 2.45) is 0 Å². The molecule has 4 heteroatoms. The number of hydrogen-bond acceptors (Lipinski definition) is 3. The van der Waals surface area contributed by atoms with Crippen LogP contribution in [-0.4, -0.2) is 18.7 Å². The van der Waals surface area contributed by atoms with Gasteiger partial charge in [0.1, 0.15) is 5.75 Å². The van der Waals surface area contributed by atoms with Crippen LogP contribution in [0.3, 0.4) is 0 Å². The molecule has 0 fully saturated rings. The molecule has 0 aliphatic rings. The first-order valence-corrected chi connectivity index (χ1v) is 5.61. The van der Waals surface area contributed by atoms with E-state index in [1.807, 2.05) is 29.5 Å². The van der Waals surface area contributed by atoms with E-state index in [0.717, 1.165) is 3.57 Å². The van der Waals surface area contributed by atoms with E-state index in [-0.39, 0.29) is 5.78 Å². The molecule has 3 nitrogen and oxygen atoms in total. The summed E-state index contributed by atoms with van der Waals surface area (Å²) in [5.41, 5.74) is 0.785. The Labute approximate surface area is 102 Å². The van der Waals surface area contributed by atoms with Crippen LogP contribution >= 0.6 is 22.6 Å². The summed E-state index contributed by atoms with van der Waals surface area (Å²) < 4.78 is 6.07. The highest BCUT2D eigenvalue weighted by Gasteiger charge is 2.16. The zero-order chi connectivity index (χ0) is 11.4. The molecule has 0 heterocycles. The molecule has 0 aliphatic heterocycles. The minimum absolute atomic E-state index is 0.154. The van der Waals surface area contributed by atoms with Crippen molar-refractivity contribution in [3.63, 3.8) is 0 Å². The van der Waals surface area contributed by atoms with E-state index in [9.17, 15) is 9.59 Å². The fraction of sp³-hybridized carbons (Fsp3) is 0.273. The van der Waals surface area contributed by atoms with Gasteiger partial charge >= 0.3 is 0 Å². The van der Waals surface area contributed by atoms with Crippen LogP contribution in [0, 0.1) is 3.57 Å². The van der Waals surface area contributed by atoms with Crippen molar-refractivity contribution in [1.82, 2.24) is 0 Å². The molecule has 0 aromatic heterocycles. The largest absolute Gasteiger partial charge is 0.493 e. The Hall–Kier alpha value is -0.910. The maximum atomic E-state index is 11.4. The average Bonchev–Trinajstić information content (AvgIpc) is 2.20. The van der Waals surface area contributed by atoms with Gasteiger partial charge in [-0.15, -0.1) is 0 Å². The number of ketones is 1. The standard InChI is InChI=1S/C11H11IO3/c1-3-15-10-5-4-9(12)8(6-13)11(10)7(2)14/h4-6H,3H2,1-2H3. The van der Waals surface area contributed by atoms with E-state index < -0.39 is 0 Å². The summed E-state index contributed by atoms with van der Waals surface area (Å²) >= 11 is 2.03. The van der Waals surface area contributed by atoms with Crippen LogP contribution in [0.5, 0.6) is 5.75 Å². The Bertz CT molecular complexity index is 399. The minimum atomic E-state index is -0.154. The maximum Gasteiger partial charge on any atom is 0.164 e. The second kappa shape index (κ2) is 5.25. The van der Waals surface area contributed by atoms with Crippen molar-refractivity contribution in [3.05, 3.63) is 26.8 Å². The third-order valence-corrected chi connectivity index (χ3v) is 2.86. The van der Waals surface area contributed by atoms with Crippen molar-refractivity contribution in [2.45, 2.75) is 13.8 Å². The number of ether oxygens (including phenoxy) is 1. The molecule has 15 heavy (non-hydrogen) atoms. The molecule has 0 radical (unpaired) electrons. The van der Waals surface area contributed by atoms with Crippen molar-refractivity contribution < 1.29 is 14.3 Å². The summed E-state index contributed by atoms with van der Waals surface area (Å²) in [5, 5.41) is 0. The van der Waals surface area contributed by atoms with Crippen molar-refractivity contribution in [2.75, 3.05) is 6.61 Å². The zero-order valence-electron chi connectivity index (χ0n) is 8.54. The number of carbonyl (C=O) groups excluding carboxylic acids is 2. The number of hydrogen-bond donors (Lipinski definition) is 0. The van der Waals surface area contributed by atoms with Gasteiger partial charge in [-0.05, 0) is 48.6 Å². The normalized spacial score (nSPS) is 9.80. The van der Waals surface area contributed by atoms with Crippen LogP contribution in [-0.2, 0) is 0 Å². The summed E-state index contributed by atoms with van der Waals surface area (Å²) in [6.07, 6.45) is 0.695. The maximum absolute atomic E-state index is 11.4. The molecule has 1 aromatic rings. The minimum Gasteiger partial charge on any atom is -0.493 e. The van der Waals surface area contributed by atoms with Crippen LogP contribution < -0.4 is 4.74 Å². The molecule has 0 aliphatic carbocycles. The summed E-state index contributed by atoms with van der Waals surface area (Å²) in [6, 6.07) is 3.48. The quantitative estimate of drug-likeness (QED) is 0.487. The van der Waals surface area contributed by atoms with Crippen LogP contribution in [0.1, 0.15) is 34.6 Å². The lowest BCUT2D eigenvalue weighted by Gasteiger charge is -2.10. The van der Waals surface area contributed by atoms with Crippen molar-refractivity contribution in [3.8, 4) is 5.75 Å². The smallest absolute Gasteiger partial charge is 0.164 e. The predicted octanol–water partition coefficient (Wildman–Crippen LogP) is 2.71. The molecular weight excluding hydrogens is 307 g/mol. The van der Waals surface area contributed by atoms with Gasteiger partial charge in [-0.1, -0.05) is 0 Å². The number of rotatable bonds is 4. The Morgan fingerprint density at radius 2 is 2.20 bits per heavy atom. The molecule has 0 atom stereocenters. The van der Waals surface area contributed by atoms with Gasteiger partial charge in [0, 0.05) is 9.13 Å². The van der Waals surface area contributed by atoms with Gasteiger partial charge in [0.05, 0.1) is 12.2 Å². The van der Waals surface area contributed by atoms with Crippen molar-refractivity contribution >= 4 is 34.7 Å². The van der Waals surface area contributed by atoms with E-state index in [0.29, 0.717) is 29.8 Å². The number of aldehydes is 1. The number of benzene rings is 1. The summed E-state index contributed by atoms with van der Waals surface area (Å²) in [7, 11) is 0. The molecule has 0 N–H and O–H groups in total. The summed E-state index contributed by atoms with van der Waals surface area (Å²) in [6.45, 7) is 3.74. The van der Waals surface area contributed by atoms with E-state index in [2.05, 4.69) is 0 Å². The van der Waals surface area contributed by atoms with E-state index in [1.54, 1.807) is 12.1 Å². The highest BCUT2D eigenvalue weighted by Crippen LogP contribution is 2.26. The lowest BCUT2D eigenvalue weighted by Crippen LogP contribution is -2.06. The van der Waals surface area contributed by atoms with Gasteiger partial charge in [0.2, 0.25) is 0 Å². The van der Waals surface area contributed by atoms with Crippen LogP contribution in [0.2, 0.25) is 0 Å². The predicted molar refractivity (Wildman–Crippen MR) is 65.7 cm³/mol. The first-order chi connectivity index (χ1) is 7.11. The third kappa shape index (κ3) is 2.56. The lowest BCUT2D eigenvalue weighted by molar-refractivity contribution is 0.100. The molecule has 1 rings (SSSR count). The van der Waals surface area contributed by atoms with E-state index >= 15 is 0 Å². The Kier molecular flexibility index (Phi) is 4.26. The van der Waals surface area contributed by atoms with Crippen LogP contribution in [0.4, 0.5) is 0 Å². The van der Waals surface area contributed by atoms with Gasteiger partial charge in [-0.3, -0.25) is 9.59 Å². The third-order valence-electron chi connectivity index (χ3n) is 1.92. The molecule has 0 spiro atoms. The van der Waals surface area contributed by atoms with Gasteiger partial charge in [-0.2, -0.15) is 0 Å². The molecule has 0 saturated carbocycles. The van der Waals surface area contributed by atoms with Gasteiger partial charge < -0.3 is 4.74 Å². The number of carbonyl (C=O) groups is 2. The summed E-state index contributed by atoms with van der Waals surface area (Å²) in [5.74, 6) is 0.326. The van der Waals surface area contributed by atoms with E-state index in [4.69, 9.17) is 4.74 Å². The number of halogens is 1. The molecule has 0 saturated heterocycles. The summed E-state index contributed by atoms with van der Waals surface area (Å²) in [4.78, 5) is 22.3. The Morgan fingerprint density at radius 3 is 2.67 bits per heavy atom. The molecule has 0 amide bonds. The number of Topliss-reactive ketones (excluding diaryl/α,β-unsaturated/α-hetero) is 1. The Morgan fingerprint density at radius 1 is 1.53 bits per heavy atom. The SMILES string of the molecule is CCOc1ccc(I)c(C=O)c1C(C)=O. The zero-order valence-corrected chi connectivity index (χ0v) is 10.7. The monoisotopic (exact) mass is 318 g/mol. The highest BCUT2D eigenvalue weighted by molar-refractivity contribution is 14.1. The molecule has 80 valence electrons. The first kappa shape index (κ1) is 12.2. The molecule has 1 aromatic carbocycles. The topological polar surface area (TPSA) is 43.4 Å². The Balaban J connectivity index is 3.41. The van der Waals surface area contributed by atoms with Gasteiger partial charge in [-0.25, -0.2) is 0 Å². The fourth-order valence-corrected chi connectivity index (χ4v) is 1.90. The van der Waals surface area contributed by atoms with Crippen molar-refractivity contribution in [1.29, 1.82) is 0 Å². The molecule has 0 unspecified atom stereocenters. The molecular formula is C11H11IO3. The van der Waals surface area contributed by atoms with Gasteiger partial charge in [0.25, 0.3) is 0 Å². The average molecular weight is 318 g/mol.